The Kier molecular flexibility index (Phi) is 8.13. The van der Waals surface area contributed by atoms with Crippen molar-refractivity contribution in [1.82, 2.24) is 4.98 Å². The highest BCUT2D eigenvalue weighted by Crippen LogP contribution is 2.32. The third kappa shape index (κ3) is 6.84. The van der Waals surface area contributed by atoms with Gasteiger partial charge in [-0.1, -0.05) is 18.2 Å². The number of nitrogens with one attached hydrogen (secondary N) is 1. The van der Waals surface area contributed by atoms with E-state index in [2.05, 4.69) is 15.0 Å². The number of aromatic amines is 1. The molecule has 2 atom stereocenters. The molecule has 1 amide bonds. The van der Waals surface area contributed by atoms with Gasteiger partial charge in [-0.15, -0.1) is 0 Å². The number of hydrogen-bond acceptors (Lipinski definition) is 5. The van der Waals surface area contributed by atoms with E-state index in [0.717, 1.165) is 24.9 Å². The molecule has 0 bridgehead atoms. The number of amidine groups is 1. The lowest BCUT2D eigenvalue weighted by molar-refractivity contribution is -0.168. The van der Waals surface area contributed by atoms with Crippen LogP contribution < -0.4 is 5.73 Å². The fraction of sp³-hybridized carbons (Fsp3) is 0.417. The molecule has 1 fully saturated rings. The average Bonchev–Trinajstić information content (AvgIpc) is 3.46. The molecule has 1 aromatic carbocycles. The van der Waals surface area contributed by atoms with E-state index in [1.165, 1.54) is 0 Å². The van der Waals surface area contributed by atoms with Crippen molar-refractivity contribution < 1.29 is 23.8 Å². The fourth-order valence-corrected chi connectivity index (χ4v) is 3.25. The van der Waals surface area contributed by atoms with E-state index < -0.39 is 11.3 Å². The van der Waals surface area contributed by atoms with Crippen molar-refractivity contribution >= 4 is 24.1 Å². The summed E-state index contributed by atoms with van der Waals surface area (Å²) < 4.78 is 16.6. The number of aliphatic imine (C=N–C) groups is 2. The van der Waals surface area contributed by atoms with Gasteiger partial charge in [0.05, 0.1) is 36.3 Å². The Morgan fingerprint density at radius 1 is 1.18 bits per heavy atom. The van der Waals surface area contributed by atoms with E-state index in [9.17, 15) is 9.59 Å². The van der Waals surface area contributed by atoms with Crippen LogP contribution in [0.1, 0.15) is 61.5 Å². The minimum atomic E-state index is -0.564. The lowest BCUT2D eigenvalue weighted by atomic mass is 9.98. The Labute approximate surface area is 193 Å². The van der Waals surface area contributed by atoms with Gasteiger partial charge < -0.3 is 24.9 Å². The van der Waals surface area contributed by atoms with Gasteiger partial charge in [-0.25, -0.2) is 4.99 Å². The highest BCUT2D eigenvalue weighted by Gasteiger charge is 2.28. The number of aromatic nitrogens is 1. The van der Waals surface area contributed by atoms with Gasteiger partial charge in [-0.05, 0) is 57.9 Å². The lowest BCUT2D eigenvalue weighted by Gasteiger charge is -2.17. The van der Waals surface area contributed by atoms with Crippen LogP contribution in [0, 0.1) is 5.41 Å². The number of benzene rings is 1. The Morgan fingerprint density at radius 3 is 2.64 bits per heavy atom. The first-order valence-corrected chi connectivity index (χ1v) is 10.8. The van der Waals surface area contributed by atoms with Crippen LogP contribution in [0.3, 0.4) is 0 Å². The van der Waals surface area contributed by atoms with Crippen molar-refractivity contribution in [3.8, 4) is 0 Å². The second-order valence-corrected chi connectivity index (χ2v) is 8.71. The first-order chi connectivity index (χ1) is 15.8. The predicted molar refractivity (Wildman–Crippen MR) is 124 cm³/mol. The number of carbonyl (C=O) groups excluding carboxylic acids is 2. The van der Waals surface area contributed by atoms with Crippen LogP contribution in [0.25, 0.3) is 0 Å². The molecule has 0 aliphatic carbocycles. The van der Waals surface area contributed by atoms with Crippen LogP contribution in [0.15, 0.2) is 52.4 Å². The van der Waals surface area contributed by atoms with Crippen molar-refractivity contribution in [1.29, 1.82) is 0 Å². The van der Waals surface area contributed by atoms with Crippen LogP contribution in [0.5, 0.6) is 0 Å². The minimum absolute atomic E-state index is 0.0976. The Hall–Kier alpha value is -3.30. The maximum absolute atomic E-state index is 12.4. The number of hydrogen-bond donors (Lipinski definition) is 2. The zero-order chi connectivity index (χ0) is 23.8. The molecule has 2 heterocycles. The van der Waals surface area contributed by atoms with Gasteiger partial charge in [0, 0.05) is 11.3 Å². The van der Waals surface area contributed by atoms with Crippen molar-refractivity contribution in [3.05, 3.63) is 59.4 Å². The second-order valence-electron chi connectivity index (χ2n) is 8.71. The third-order valence-corrected chi connectivity index (χ3v) is 5.02. The zero-order valence-electron chi connectivity index (χ0n) is 19.1. The smallest absolute Gasteiger partial charge is 0.313 e. The number of esters is 1. The molecular weight excluding hydrogens is 424 g/mol. The van der Waals surface area contributed by atoms with Crippen LogP contribution in [-0.4, -0.2) is 48.5 Å². The maximum Gasteiger partial charge on any atom is 0.313 e. The zero-order valence-corrected chi connectivity index (χ0v) is 19.1. The van der Waals surface area contributed by atoms with Crippen LogP contribution in [0.4, 0.5) is 0 Å². The molecule has 176 valence electrons. The number of ether oxygens (including phenoxy) is 3. The topological polar surface area (TPSA) is 128 Å². The molecule has 0 radical (unpaired) electrons. The van der Waals surface area contributed by atoms with E-state index in [4.69, 9.17) is 19.9 Å². The molecular formula is C24H30N4O5. The largest absolute Gasteiger partial charge is 0.438 e. The Bertz CT molecular complexity index is 1010. The number of carbonyl (C=O) groups is 2. The van der Waals surface area contributed by atoms with Gasteiger partial charge in [0.2, 0.25) is 0 Å². The van der Waals surface area contributed by atoms with Gasteiger partial charge in [-0.3, -0.25) is 9.59 Å². The third-order valence-electron chi connectivity index (χ3n) is 5.02. The predicted octanol–water partition coefficient (Wildman–Crippen LogP) is 3.37. The molecule has 0 saturated carbocycles. The number of rotatable bonds is 7. The van der Waals surface area contributed by atoms with Crippen molar-refractivity contribution in [2.24, 2.45) is 21.1 Å². The van der Waals surface area contributed by atoms with E-state index in [0.29, 0.717) is 17.9 Å². The summed E-state index contributed by atoms with van der Waals surface area (Å²) in [5.74, 6) is -0.528. The quantitative estimate of drug-likeness (QED) is 0.217. The minimum Gasteiger partial charge on any atom is -0.438 e. The molecule has 1 aliphatic heterocycles. The first-order valence-electron chi connectivity index (χ1n) is 10.8. The molecule has 33 heavy (non-hydrogen) atoms. The van der Waals surface area contributed by atoms with E-state index in [1.807, 2.05) is 12.1 Å². The molecule has 1 saturated heterocycles. The highest BCUT2D eigenvalue weighted by atomic mass is 16.7. The van der Waals surface area contributed by atoms with Gasteiger partial charge in [0.1, 0.15) is 0 Å². The Balaban J connectivity index is 1.56. The molecule has 2 aromatic rings. The van der Waals surface area contributed by atoms with Gasteiger partial charge in [-0.2, -0.15) is 4.99 Å². The maximum atomic E-state index is 12.4. The summed E-state index contributed by atoms with van der Waals surface area (Å²) in [5, 5.41) is 0. The standard InChI is InChI=1S/C24H30N4O5/c1-24(2,3)23(30)32-15-31-13-17-9-12-20(33-17)18-10-11-19(27-18)21(26-14-25)28-22(29)16-7-5-4-6-8-16/h4-8,10-11,14,17,20,27H,9,12-13,15H2,1-3H3,(H2,25,26,28,29). The van der Waals surface area contributed by atoms with Gasteiger partial charge in [0.25, 0.3) is 5.91 Å². The number of H-pyrrole nitrogens is 1. The molecule has 1 aliphatic rings. The van der Waals surface area contributed by atoms with Crippen molar-refractivity contribution in [2.75, 3.05) is 13.4 Å². The second kappa shape index (κ2) is 11.0. The molecule has 3 rings (SSSR count). The number of amides is 1. The lowest BCUT2D eigenvalue weighted by Crippen LogP contribution is -2.25. The summed E-state index contributed by atoms with van der Waals surface area (Å²) in [6, 6.07) is 12.4. The van der Waals surface area contributed by atoms with Crippen LogP contribution in [0.2, 0.25) is 0 Å². The first kappa shape index (κ1) is 24.3. The van der Waals surface area contributed by atoms with Gasteiger partial charge >= 0.3 is 5.97 Å². The van der Waals surface area contributed by atoms with Gasteiger partial charge in [0.15, 0.2) is 12.6 Å². The van der Waals surface area contributed by atoms with Crippen LogP contribution in [-0.2, 0) is 19.0 Å². The van der Waals surface area contributed by atoms with E-state index >= 15 is 0 Å². The fourth-order valence-electron chi connectivity index (χ4n) is 3.25. The summed E-state index contributed by atoms with van der Waals surface area (Å²) in [7, 11) is 0. The molecule has 3 N–H and O–H groups in total. The number of nitrogens with zero attached hydrogens (tertiary/aromatic N) is 2. The van der Waals surface area contributed by atoms with E-state index in [-0.39, 0.29) is 30.8 Å². The Morgan fingerprint density at radius 2 is 1.94 bits per heavy atom. The average molecular weight is 455 g/mol. The number of nitrogens with two attached hydrogens (primary N) is 1. The normalized spacial score (nSPS) is 19.2. The SMILES string of the molecule is CC(C)(C)C(=O)OCOCC1CCC(c2ccc(C(N=CN)=NC(=O)c3ccccc3)[nH]2)O1. The molecule has 2 unspecified atom stereocenters. The summed E-state index contributed by atoms with van der Waals surface area (Å²) >= 11 is 0. The summed E-state index contributed by atoms with van der Waals surface area (Å²) in [5.41, 5.74) is 6.77. The molecule has 9 heteroatoms. The molecule has 0 spiro atoms. The monoisotopic (exact) mass is 454 g/mol. The summed E-state index contributed by atoms with van der Waals surface area (Å²) in [4.78, 5) is 35.6. The van der Waals surface area contributed by atoms with Crippen molar-refractivity contribution in [2.45, 2.75) is 45.8 Å². The summed E-state index contributed by atoms with van der Waals surface area (Å²) in [6.07, 6.45) is 2.44. The van der Waals surface area contributed by atoms with E-state index in [1.54, 1.807) is 51.1 Å². The van der Waals surface area contributed by atoms with Crippen LogP contribution >= 0.6 is 0 Å². The molecule has 1 aromatic heterocycles. The highest BCUT2D eigenvalue weighted by molar-refractivity contribution is 6.10. The summed E-state index contributed by atoms with van der Waals surface area (Å²) in [6.45, 7) is 5.60. The van der Waals surface area contributed by atoms with Crippen molar-refractivity contribution in [3.63, 3.8) is 0 Å². The molecule has 9 nitrogen and oxygen atoms in total.